The highest BCUT2D eigenvalue weighted by Crippen LogP contribution is 2.20. The van der Waals surface area contributed by atoms with Gasteiger partial charge in [-0.15, -0.1) is 0 Å². The maximum Gasteiger partial charge on any atom is 0.241 e. The third-order valence-corrected chi connectivity index (χ3v) is 5.12. The number of amidine groups is 1. The zero-order valence-corrected chi connectivity index (χ0v) is 13.0. The summed E-state index contributed by atoms with van der Waals surface area (Å²) in [5.41, 5.74) is 6.08. The van der Waals surface area contributed by atoms with Crippen molar-refractivity contribution in [3.8, 4) is 0 Å². The van der Waals surface area contributed by atoms with Crippen molar-refractivity contribution in [1.82, 2.24) is 4.72 Å². The third kappa shape index (κ3) is 3.29. The molecule has 0 aliphatic rings. The molecule has 0 saturated heterocycles. The van der Waals surface area contributed by atoms with Crippen LogP contribution in [0.3, 0.4) is 0 Å². The number of hydrogen-bond donors (Lipinski definition) is 3. The van der Waals surface area contributed by atoms with Crippen molar-refractivity contribution in [2.45, 2.75) is 44.6 Å². The van der Waals surface area contributed by atoms with Crippen LogP contribution in [0.15, 0.2) is 28.3 Å². The second-order valence-corrected chi connectivity index (χ2v) is 6.70. The first-order valence-corrected chi connectivity index (χ1v) is 7.74. The van der Waals surface area contributed by atoms with Crippen molar-refractivity contribution < 1.29 is 13.6 Å². The summed E-state index contributed by atoms with van der Waals surface area (Å²) in [5.74, 6) is -0.173. The standard InChI is InChI=1S/C13H21N3O3S/c1-5-13(4,12(14)15-17)16-20(18,19)11-7-6-9(2)8-10(11)3/h6-8,16-17H,5H2,1-4H3,(H2,14,15). The lowest BCUT2D eigenvalue weighted by atomic mass is 10.00. The van der Waals surface area contributed by atoms with E-state index in [2.05, 4.69) is 9.88 Å². The summed E-state index contributed by atoms with van der Waals surface area (Å²) in [6, 6.07) is 5.07. The van der Waals surface area contributed by atoms with Gasteiger partial charge in [0, 0.05) is 0 Å². The quantitative estimate of drug-likeness (QED) is 0.331. The Morgan fingerprint density at radius 1 is 1.45 bits per heavy atom. The Bertz CT molecular complexity index is 626. The minimum atomic E-state index is -3.75. The van der Waals surface area contributed by atoms with Crippen LogP contribution in [0.4, 0.5) is 0 Å². The summed E-state index contributed by atoms with van der Waals surface area (Å²) in [7, 11) is -3.75. The lowest BCUT2D eigenvalue weighted by molar-refractivity contribution is 0.310. The Morgan fingerprint density at radius 3 is 2.50 bits per heavy atom. The van der Waals surface area contributed by atoms with Crippen molar-refractivity contribution >= 4 is 15.9 Å². The summed E-state index contributed by atoms with van der Waals surface area (Å²) < 4.78 is 27.4. The largest absolute Gasteiger partial charge is 0.409 e. The Balaban J connectivity index is 3.24. The van der Waals surface area contributed by atoms with Crippen LogP contribution in [0, 0.1) is 13.8 Å². The monoisotopic (exact) mass is 299 g/mol. The van der Waals surface area contributed by atoms with Gasteiger partial charge in [0.25, 0.3) is 0 Å². The fraction of sp³-hybridized carbons (Fsp3) is 0.462. The van der Waals surface area contributed by atoms with Gasteiger partial charge in [-0.1, -0.05) is 29.8 Å². The number of nitrogens with two attached hydrogens (primary N) is 1. The first kappa shape index (κ1) is 16.5. The van der Waals surface area contributed by atoms with Gasteiger partial charge >= 0.3 is 0 Å². The Kier molecular flexibility index (Phi) is 4.77. The molecule has 0 heterocycles. The van der Waals surface area contributed by atoms with Crippen molar-refractivity contribution in [1.29, 1.82) is 0 Å². The zero-order valence-electron chi connectivity index (χ0n) is 12.1. The number of hydrogen-bond acceptors (Lipinski definition) is 4. The number of aryl methyl sites for hydroxylation is 2. The number of rotatable bonds is 5. The van der Waals surface area contributed by atoms with Crippen LogP contribution in [0.25, 0.3) is 0 Å². The lowest BCUT2D eigenvalue weighted by Gasteiger charge is -2.28. The minimum absolute atomic E-state index is 0.173. The molecule has 4 N–H and O–H groups in total. The van der Waals surface area contributed by atoms with Crippen LogP contribution < -0.4 is 10.5 Å². The summed E-state index contributed by atoms with van der Waals surface area (Å²) in [6.07, 6.45) is 0.354. The second kappa shape index (κ2) is 5.80. The highest BCUT2D eigenvalue weighted by atomic mass is 32.2. The number of benzene rings is 1. The number of oxime groups is 1. The molecule has 0 spiro atoms. The molecule has 0 amide bonds. The number of nitrogens with one attached hydrogen (secondary N) is 1. The molecule has 0 bridgehead atoms. The van der Waals surface area contributed by atoms with Crippen LogP contribution in [-0.2, 0) is 10.0 Å². The number of nitrogens with zero attached hydrogens (tertiary/aromatic N) is 1. The molecular formula is C13H21N3O3S. The van der Waals surface area contributed by atoms with Crippen LogP contribution in [0.2, 0.25) is 0 Å². The van der Waals surface area contributed by atoms with Gasteiger partial charge in [0.2, 0.25) is 10.0 Å². The maximum atomic E-state index is 12.5. The summed E-state index contributed by atoms with van der Waals surface area (Å²) in [5, 5.41) is 11.7. The highest BCUT2D eigenvalue weighted by molar-refractivity contribution is 7.89. The smallest absolute Gasteiger partial charge is 0.241 e. The van der Waals surface area contributed by atoms with Gasteiger partial charge < -0.3 is 10.9 Å². The van der Waals surface area contributed by atoms with Crippen molar-refractivity contribution in [2.75, 3.05) is 0 Å². The van der Waals surface area contributed by atoms with E-state index in [0.29, 0.717) is 12.0 Å². The van der Waals surface area contributed by atoms with Crippen LogP contribution in [-0.4, -0.2) is 25.0 Å². The van der Waals surface area contributed by atoms with Crippen LogP contribution in [0.1, 0.15) is 31.4 Å². The topological polar surface area (TPSA) is 105 Å². The molecule has 1 atom stereocenters. The first-order valence-electron chi connectivity index (χ1n) is 6.25. The second-order valence-electron chi connectivity index (χ2n) is 5.05. The van der Waals surface area contributed by atoms with Crippen LogP contribution >= 0.6 is 0 Å². The van der Waals surface area contributed by atoms with E-state index < -0.39 is 15.6 Å². The number of sulfonamides is 1. The predicted octanol–water partition coefficient (Wildman–Crippen LogP) is 1.50. The van der Waals surface area contributed by atoms with Gasteiger partial charge in [0.05, 0.1) is 10.4 Å². The first-order chi connectivity index (χ1) is 9.16. The van der Waals surface area contributed by atoms with Gasteiger partial charge in [-0.2, -0.15) is 4.72 Å². The van der Waals surface area contributed by atoms with Gasteiger partial charge in [-0.3, -0.25) is 0 Å². The normalized spacial score (nSPS) is 15.9. The maximum absolute atomic E-state index is 12.5. The van der Waals surface area contributed by atoms with E-state index in [-0.39, 0.29) is 10.7 Å². The summed E-state index contributed by atoms with van der Waals surface area (Å²) >= 11 is 0. The molecule has 1 rings (SSSR count). The van der Waals surface area contributed by atoms with Crippen molar-refractivity contribution in [3.05, 3.63) is 29.3 Å². The average Bonchev–Trinajstić information content (AvgIpc) is 2.36. The van der Waals surface area contributed by atoms with Gasteiger partial charge in [0.1, 0.15) is 0 Å². The van der Waals surface area contributed by atoms with Crippen LogP contribution in [0.5, 0.6) is 0 Å². The molecule has 0 fully saturated rings. The zero-order chi connectivity index (χ0) is 15.6. The highest BCUT2D eigenvalue weighted by Gasteiger charge is 2.33. The van der Waals surface area contributed by atoms with E-state index in [1.54, 1.807) is 39.0 Å². The molecule has 0 saturated carbocycles. The predicted molar refractivity (Wildman–Crippen MR) is 78.3 cm³/mol. The molecule has 7 heteroatoms. The van der Waals surface area contributed by atoms with Crippen molar-refractivity contribution in [3.63, 3.8) is 0 Å². The summed E-state index contributed by atoms with van der Waals surface area (Å²) in [4.78, 5) is 0.188. The molecule has 6 nitrogen and oxygen atoms in total. The summed E-state index contributed by atoms with van der Waals surface area (Å²) in [6.45, 7) is 6.95. The Hall–Kier alpha value is -1.60. The van der Waals surface area contributed by atoms with Gasteiger partial charge in [-0.05, 0) is 38.8 Å². The van der Waals surface area contributed by atoms with E-state index in [1.165, 1.54) is 0 Å². The minimum Gasteiger partial charge on any atom is -0.409 e. The molecule has 1 aromatic carbocycles. The van der Waals surface area contributed by atoms with E-state index in [4.69, 9.17) is 10.9 Å². The van der Waals surface area contributed by atoms with Gasteiger partial charge in [0.15, 0.2) is 5.84 Å². The van der Waals surface area contributed by atoms with E-state index in [0.717, 1.165) is 5.56 Å². The van der Waals surface area contributed by atoms with Crippen molar-refractivity contribution in [2.24, 2.45) is 10.9 Å². The molecule has 1 unspecified atom stereocenters. The molecule has 0 aliphatic heterocycles. The SMILES string of the molecule is CCC(C)(NS(=O)(=O)c1ccc(C)cc1C)/C(N)=N/O. The molecule has 20 heavy (non-hydrogen) atoms. The average molecular weight is 299 g/mol. The Labute approximate surface area is 119 Å². The van der Waals surface area contributed by atoms with E-state index in [9.17, 15) is 8.42 Å². The molecule has 112 valence electrons. The van der Waals surface area contributed by atoms with E-state index in [1.807, 2.05) is 6.92 Å². The molecular weight excluding hydrogens is 278 g/mol. The Morgan fingerprint density at radius 2 is 2.05 bits per heavy atom. The molecule has 0 aromatic heterocycles. The molecule has 0 aliphatic carbocycles. The molecule has 0 radical (unpaired) electrons. The third-order valence-electron chi connectivity index (χ3n) is 3.36. The molecule has 1 aromatic rings. The lowest BCUT2D eigenvalue weighted by Crippen LogP contribution is -2.54. The fourth-order valence-corrected chi connectivity index (χ4v) is 3.55. The van der Waals surface area contributed by atoms with Gasteiger partial charge in [-0.25, -0.2) is 8.42 Å². The van der Waals surface area contributed by atoms with E-state index >= 15 is 0 Å². The fourth-order valence-electron chi connectivity index (χ4n) is 1.87.